The average molecular weight is 287 g/mol. The van der Waals surface area contributed by atoms with E-state index in [1.807, 2.05) is 6.92 Å². The molecule has 0 bridgehead atoms. The Hall–Kier alpha value is -1.14. The predicted molar refractivity (Wildman–Crippen MR) is 73.4 cm³/mol. The zero-order valence-electron chi connectivity index (χ0n) is 12.5. The first-order valence-electron chi connectivity index (χ1n) is 7.14. The third kappa shape index (κ3) is 5.88. The Balaban J connectivity index is 2.27. The fourth-order valence-electron chi connectivity index (χ4n) is 2.26. The molecule has 116 valence electrons. The maximum absolute atomic E-state index is 12.0. The van der Waals surface area contributed by atoms with Crippen molar-refractivity contribution in [2.24, 2.45) is 5.92 Å². The normalized spacial score (nSPS) is 21.0. The maximum atomic E-state index is 12.0. The van der Waals surface area contributed by atoms with Gasteiger partial charge in [-0.1, -0.05) is 13.8 Å². The second-order valence-corrected chi connectivity index (χ2v) is 5.60. The molecule has 1 aliphatic heterocycles. The summed E-state index contributed by atoms with van der Waals surface area (Å²) in [6.07, 6.45) is 0.481. The Labute approximate surface area is 120 Å². The summed E-state index contributed by atoms with van der Waals surface area (Å²) in [6.45, 7) is 7.48. The smallest absolute Gasteiger partial charge is 0.334 e. The molecule has 0 spiro atoms. The number of carbonyl (C=O) groups is 2. The van der Waals surface area contributed by atoms with E-state index in [1.165, 1.54) is 0 Å². The highest BCUT2D eigenvalue weighted by Crippen LogP contribution is 2.10. The van der Waals surface area contributed by atoms with E-state index in [9.17, 15) is 9.59 Å². The molecular formula is C14H25NO5. The third-order valence-corrected chi connectivity index (χ3v) is 3.22. The van der Waals surface area contributed by atoms with Crippen LogP contribution in [-0.4, -0.2) is 60.4 Å². The van der Waals surface area contributed by atoms with Crippen LogP contribution in [0.2, 0.25) is 0 Å². The summed E-state index contributed by atoms with van der Waals surface area (Å²) in [7, 11) is 0. The number of carbonyl (C=O) groups excluding carboxylic acids is 1. The summed E-state index contributed by atoms with van der Waals surface area (Å²) in [6, 6.07) is 0. The Morgan fingerprint density at radius 1 is 1.40 bits per heavy atom. The molecule has 20 heavy (non-hydrogen) atoms. The molecule has 0 unspecified atom stereocenters. The number of aliphatic carboxylic acids is 1. The zero-order chi connectivity index (χ0) is 15.1. The SMILES string of the molecule is CC(C)C[C@@H](C)OCCC(=O)N1CCO[C@H](C(=O)O)C1. The van der Waals surface area contributed by atoms with E-state index in [0.29, 0.717) is 19.1 Å². The topological polar surface area (TPSA) is 76.1 Å². The second-order valence-electron chi connectivity index (χ2n) is 5.60. The molecule has 0 saturated carbocycles. The van der Waals surface area contributed by atoms with Crippen molar-refractivity contribution in [3.8, 4) is 0 Å². The monoisotopic (exact) mass is 287 g/mol. The van der Waals surface area contributed by atoms with Crippen LogP contribution < -0.4 is 0 Å². The van der Waals surface area contributed by atoms with Crippen molar-refractivity contribution in [3.05, 3.63) is 0 Å². The van der Waals surface area contributed by atoms with E-state index < -0.39 is 12.1 Å². The lowest BCUT2D eigenvalue weighted by atomic mass is 10.1. The lowest BCUT2D eigenvalue weighted by Crippen LogP contribution is -2.48. The highest BCUT2D eigenvalue weighted by Gasteiger charge is 2.28. The number of morpholine rings is 1. The molecule has 0 aliphatic carbocycles. The number of carboxylic acids is 1. The summed E-state index contributed by atoms with van der Waals surface area (Å²) < 4.78 is 10.7. The van der Waals surface area contributed by atoms with Crippen molar-refractivity contribution in [1.29, 1.82) is 0 Å². The zero-order valence-corrected chi connectivity index (χ0v) is 12.5. The molecule has 0 aromatic rings. The predicted octanol–water partition coefficient (Wildman–Crippen LogP) is 1.14. The van der Waals surface area contributed by atoms with Gasteiger partial charge in [-0.05, 0) is 19.3 Å². The highest BCUT2D eigenvalue weighted by atomic mass is 16.5. The molecule has 2 atom stereocenters. The number of nitrogens with zero attached hydrogens (tertiary/aromatic N) is 1. The van der Waals surface area contributed by atoms with Crippen LogP contribution in [0.3, 0.4) is 0 Å². The number of rotatable bonds is 7. The summed E-state index contributed by atoms with van der Waals surface area (Å²) in [5, 5.41) is 8.88. The van der Waals surface area contributed by atoms with E-state index in [1.54, 1.807) is 4.90 Å². The minimum Gasteiger partial charge on any atom is -0.479 e. The van der Waals surface area contributed by atoms with Crippen LogP contribution in [0, 0.1) is 5.92 Å². The molecule has 0 aromatic carbocycles. The van der Waals surface area contributed by atoms with Crippen LogP contribution in [0.5, 0.6) is 0 Å². The minimum atomic E-state index is -1.02. The molecule has 1 fully saturated rings. The van der Waals surface area contributed by atoms with Crippen molar-refractivity contribution < 1.29 is 24.2 Å². The molecule has 1 saturated heterocycles. The molecule has 1 N–H and O–H groups in total. The summed E-state index contributed by atoms with van der Waals surface area (Å²) in [5.74, 6) is -0.531. The number of carboxylic acid groups (broad SMARTS) is 1. The van der Waals surface area contributed by atoms with Gasteiger partial charge in [0.1, 0.15) is 0 Å². The van der Waals surface area contributed by atoms with Crippen molar-refractivity contribution in [1.82, 2.24) is 4.90 Å². The molecule has 6 heteroatoms. The van der Waals surface area contributed by atoms with Gasteiger partial charge >= 0.3 is 5.97 Å². The molecule has 1 aliphatic rings. The van der Waals surface area contributed by atoms with Crippen LogP contribution in [0.15, 0.2) is 0 Å². The quantitative estimate of drug-likeness (QED) is 0.760. The molecule has 1 rings (SSSR count). The van der Waals surface area contributed by atoms with Crippen molar-refractivity contribution in [2.45, 2.75) is 45.8 Å². The van der Waals surface area contributed by atoms with E-state index in [4.69, 9.17) is 14.6 Å². The Morgan fingerprint density at radius 2 is 2.10 bits per heavy atom. The van der Waals surface area contributed by atoms with Gasteiger partial charge in [0.2, 0.25) is 5.91 Å². The second kappa shape index (κ2) is 8.21. The van der Waals surface area contributed by atoms with E-state index in [0.717, 1.165) is 6.42 Å². The number of hydrogen-bond acceptors (Lipinski definition) is 4. The fourth-order valence-corrected chi connectivity index (χ4v) is 2.26. The van der Waals surface area contributed by atoms with Crippen LogP contribution in [0.4, 0.5) is 0 Å². The van der Waals surface area contributed by atoms with Gasteiger partial charge in [-0.15, -0.1) is 0 Å². The Morgan fingerprint density at radius 3 is 2.70 bits per heavy atom. The van der Waals surface area contributed by atoms with Crippen LogP contribution in [0.1, 0.15) is 33.6 Å². The van der Waals surface area contributed by atoms with Gasteiger partial charge in [0.25, 0.3) is 0 Å². The summed E-state index contributed by atoms with van der Waals surface area (Å²) in [4.78, 5) is 24.3. The third-order valence-electron chi connectivity index (χ3n) is 3.22. The molecule has 0 radical (unpaired) electrons. The lowest BCUT2D eigenvalue weighted by Gasteiger charge is -2.31. The Bertz CT molecular complexity index is 332. The van der Waals surface area contributed by atoms with Gasteiger partial charge in [-0.25, -0.2) is 4.79 Å². The Kier molecular flexibility index (Phi) is 6.95. The lowest BCUT2D eigenvalue weighted by molar-refractivity contribution is -0.159. The van der Waals surface area contributed by atoms with Crippen LogP contribution in [-0.2, 0) is 19.1 Å². The molecular weight excluding hydrogens is 262 g/mol. The first kappa shape index (κ1) is 16.9. The van der Waals surface area contributed by atoms with Crippen molar-refractivity contribution in [3.63, 3.8) is 0 Å². The standard InChI is InChI=1S/C14H25NO5/c1-10(2)8-11(3)19-6-4-13(16)15-5-7-20-12(9-15)14(17)18/h10-12H,4-9H2,1-3H3,(H,17,18)/t11-,12+/m1/s1. The van der Waals surface area contributed by atoms with E-state index in [-0.39, 0.29) is 31.6 Å². The summed E-state index contributed by atoms with van der Waals surface area (Å²) in [5.41, 5.74) is 0. The fraction of sp³-hybridized carbons (Fsp3) is 0.857. The molecule has 6 nitrogen and oxygen atoms in total. The average Bonchev–Trinajstić information content (AvgIpc) is 2.37. The number of hydrogen-bond donors (Lipinski definition) is 1. The van der Waals surface area contributed by atoms with Gasteiger partial charge < -0.3 is 19.5 Å². The van der Waals surface area contributed by atoms with Crippen LogP contribution in [0.25, 0.3) is 0 Å². The van der Waals surface area contributed by atoms with E-state index in [2.05, 4.69) is 13.8 Å². The van der Waals surface area contributed by atoms with Gasteiger partial charge in [-0.3, -0.25) is 4.79 Å². The van der Waals surface area contributed by atoms with Crippen molar-refractivity contribution in [2.75, 3.05) is 26.3 Å². The first-order valence-corrected chi connectivity index (χ1v) is 7.14. The van der Waals surface area contributed by atoms with Gasteiger partial charge in [0.15, 0.2) is 6.10 Å². The number of ether oxygens (including phenoxy) is 2. The summed E-state index contributed by atoms with van der Waals surface area (Å²) >= 11 is 0. The highest BCUT2D eigenvalue weighted by molar-refractivity contribution is 5.78. The molecule has 1 heterocycles. The number of amides is 1. The molecule has 1 amide bonds. The van der Waals surface area contributed by atoms with Crippen molar-refractivity contribution >= 4 is 11.9 Å². The minimum absolute atomic E-state index is 0.0729. The van der Waals surface area contributed by atoms with Gasteiger partial charge in [0, 0.05) is 6.54 Å². The molecule has 0 aromatic heterocycles. The largest absolute Gasteiger partial charge is 0.479 e. The van der Waals surface area contributed by atoms with Gasteiger partial charge in [0.05, 0.1) is 32.3 Å². The van der Waals surface area contributed by atoms with Gasteiger partial charge in [-0.2, -0.15) is 0 Å². The van der Waals surface area contributed by atoms with E-state index >= 15 is 0 Å². The maximum Gasteiger partial charge on any atom is 0.334 e. The first-order chi connectivity index (χ1) is 9.40. The van der Waals surface area contributed by atoms with Crippen LogP contribution >= 0.6 is 0 Å².